The van der Waals surface area contributed by atoms with Crippen LogP contribution in [0.4, 0.5) is 11.4 Å². The summed E-state index contributed by atoms with van der Waals surface area (Å²) < 4.78 is 0. The van der Waals surface area contributed by atoms with E-state index < -0.39 is 4.92 Å². The third-order valence-electron chi connectivity index (χ3n) is 2.85. The quantitative estimate of drug-likeness (QED) is 0.571. The van der Waals surface area contributed by atoms with Crippen LogP contribution in [-0.4, -0.2) is 9.91 Å². The normalized spacial score (nSPS) is 10.7. The third kappa shape index (κ3) is 1.92. The van der Waals surface area contributed by atoms with E-state index in [1.54, 1.807) is 18.3 Å². The van der Waals surface area contributed by atoms with Crippen molar-refractivity contribution in [1.82, 2.24) is 4.98 Å². The predicted molar refractivity (Wildman–Crippen MR) is 76.1 cm³/mol. The molecule has 6 heteroatoms. The molecule has 0 spiro atoms. The van der Waals surface area contributed by atoms with Crippen LogP contribution >= 0.6 is 11.3 Å². The molecule has 0 fully saturated rings. The van der Waals surface area contributed by atoms with Crippen LogP contribution in [0.3, 0.4) is 0 Å². The van der Waals surface area contributed by atoms with Gasteiger partial charge in [0.25, 0.3) is 5.69 Å². The Kier molecular flexibility index (Phi) is 2.64. The number of rotatable bonds is 2. The monoisotopic (exact) mass is 271 g/mol. The zero-order valence-electron chi connectivity index (χ0n) is 9.74. The summed E-state index contributed by atoms with van der Waals surface area (Å²) in [5.41, 5.74) is 7.71. The van der Waals surface area contributed by atoms with Crippen LogP contribution in [-0.2, 0) is 0 Å². The van der Waals surface area contributed by atoms with Crippen LogP contribution in [0, 0.1) is 10.1 Å². The lowest BCUT2D eigenvalue weighted by Crippen LogP contribution is -1.88. The van der Waals surface area contributed by atoms with E-state index in [1.807, 2.05) is 12.1 Å². The van der Waals surface area contributed by atoms with Gasteiger partial charge in [0.05, 0.1) is 15.5 Å². The van der Waals surface area contributed by atoms with Gasteiger partial charge in [0, 0.05) is 23.7 Å². The average molecular weight is 271 g/mol. The fraction of sp³-hybridized carbons (Fsp3) is 0. The van der Waals surface area contributed by atoms with Gasteiger partial charge in [-0.15, -0.1) is 11.3 Å². The number of fused-ring (bicyclic) bond motifs is 1. The van der Waals surface area contributed by atoms with Crippen molar-refractivity contribution in [2.24, 2.45) is 0 Å². The first-order valence-corrected chi connectivity index (χ1v) is 6.36. The zero-order chi connectivity index (χ0) is 13.4. The van der Waals surface area contributed by atoms with Gasteiger partial charge in [0.1, 0.15) is 4.83 Å². The van der Waals surface area contributed by atoms with Crippen molar-refractivity contribution in [3.05, 3.63) is 52.7 Å². The number of hydrogen-bond donors (Lipinski definition) is 1. The largest absolute Gasteiger partial charge is 0.397 e. The smallest absolute Gasteiger partial charge is 0.269 e. The van der Waals surface area contributed by atoms with E-state index in [9.17, 15) is 10.1 Å². The summed E-state index contributed by atoms with van der Waals surface area (Å²) in [6.07, 6.45) is 1.72. The van der Waals surface area contributed by atoms with E-state index in [1.165, 1.54) is 23.5 Å². The highest BCUT2D eigenvalue weighted by Gasteiger charge is 2.13. The summed E-state index contributed by atoms with van der Waals surface area (Å²) >= 11 is 1.49. The molecule has 0 radical (unpaired) electrons. The molecule has 0 aliphatic rings. The maximum absolute atomic E-state index is 10.6. The standard InChI is InChI=1S/C13H9N3O2S/c14-11-10-2-1-7-15-13(10)19-12(11)8-3-5-9(6-4-8)16(17)18/h1-7H,14H2. The highest BCUT2D eigenvalue weighted by Crippen LogP contribution is 2.39. The number of aromatic nitrogens is 1. The minimum Gasteiger partial charge on any atom is -0.397 e. The predicted octanol–water partition coefficient (Wildman–Crippen LogP) is 3.45. The van der Waals surface area contributed by atoms with Gasteiger partial charge in [-0.1, -0.05) is 0 Å². The molecule has 0 amide bonds. The van der Waals surface area contributed by atoms with Crippen molar-refractivity contribution in [2.75, 3.05) is 5.73 Å². The Morgan fingerprint density at radius 1 is 1.21 bits per heavy atom. The number of hydrogen-bond acceptors (Lipinski definition) is 5. The van der Waals surface area contributed by atoms with Gasteiger partial charge < -0.3 is 5.73 Å². The summed E-state index contributed by atoms with van der Waals surface area (Å²) in [4.78, 5) is 16.2. The number of thiophene rings is 1. The number of nitrogens with two attached hydrogens (primary N) is 1. The van der Waals surface area contributed by atoms with Gasteiger partial charge in [-0.25, -0.2) is 4.98 Å². The number of nitro groups is 1. The molecule has 5 nitrogen and oxygen atoms in total. The van der Waals surface area contributed by atoms with Crippen LogP contribution < -0.4 is 5.73 Å². The number of benzene rings is 1. The van der Waals surface area contributed by atoms with Gasteiger partial charge in [0.2, 0.25) is 0 Å². The van der Waals surface area contributed by atoms with Crippen LogP contribution in [0.1, 0.15) is 0 Å². The Morgan fingerprint density at radius 2 is 1.95 bits per heavy atom. The molecule has 94 valence electrons. The number of anilines is 1. The Morgan fingerprint density at radius 3 is 2.58 bits per heavy atom. The van der Waals surface area contributed by atoms with E-state index in [0.717, 1.165) is 20.7 Å². The van der Waals surface area contributed by atoms with Crippen molar-refractivity contribution >= 4 is 32.9 Å². The van der Waals surface area contributed by atoms with Crippen LogP contribution in [0.15, 0.2) is 42.6 Å². The van der Waals surface area contributed by atoms with E-state index in [0.29, 0.717) is 5.69 Å². The van der Waals surface area contributed by atoms with Crippen LogP contribution in [0.5, 0.6) is 0 Å². The number of non-ortho nitro benzene ring substituents is 1. The molecule has 0 saturated carbocycles. The van der Waals surface area contributed by atoms with Crippen molar-refractivity contribution in [2.45, 2.75) is 0 Å². The second kappa shape index (κ2) is 4.33. The summed E-state index contributed by atoms with van der Waals surface area (Å²) in [6, 6.07) is 10.1. The summed E-state index contributed by atoms with van der Waals surface area (Å²) in [5.74, 6) is 0. The average Bonchev–Trinajstić information content (AvgIpc) is 2.77. The molecule has 0 unspecified atom stereocenters. The Balaban J connectivity index is 2.13. The van der Waals surface area contributed by atoms with Crippen molar-refractivity contribution in [3.63, 3.8) is 0 Å². The lowest BCUT2D eigenvalue weighted by atomic mass is 10.1. The van der Waals surface area contributed by atoms with Crippen LogP contribution in [0.25, 0.3) is 20.7 Å². The molecule has 1 aromatic carbocycles. The second-order valence-corrected chi connectivity index (χ2v) is 5.00. The van der Waals surface area contributed by atoms with Gasteiger partial charge in [-0.05, 0) is 29.8 Å². The number of nitrogen functional groups attached to an aromatic ring is 1. The second-order valence-electron chi connectivity index (χ2n) is 4.00. The molecule has 19 heavy (non-hydrogen) atoms. The molecule has 0 saturated heterocycles. The SMILES string of the molecule is Nc1c(-c2ccc([N+](=O)[O-])cc2)sc2ncccc12. The molecule has 3 aromatic rings. The minimum absolute atomic E-state index is 0.0709. The van der Waals surface area contributed by atoms with Crippen LogP contribution in [0.2, 0.25) is 0 Å². The molecule has 3 rings (SSSR count). The summed E-state index contributed by atoms with van der Waals surface area (Å²) in [7, 11) is 0. The van der Waals surface area contributed by atoms with Gasteiger partial charge in [0.15, 0.2) is 0 Å². The number of pyridine rings is 1. The number of nitrogens with zero attached hydrogens (tertiary/aromatic N) is 2. The summed E-state index contributed by atoms with van der Waals surface area (Å²) in [5, 5.41) is 11.5. The lowest BCUT2D eigenvalue weighted by Gasteiger charge is -1.99. The summed E-state index contributed by atoms with van der Waals surface area (Å²) in [6.45, 7) is 0. The van der Waals surface area contributed by atoms with E-state index in [4.69, 9.17) is 5.73 Å². The molecular weight excluding hydrogens is 262 g/mol. The first-order valence-electron chi connectivity index (χ1n) is 5.54. The first kappa shape index (κ1) is 11.6. The highest BCUT2D eigenvalue weighted by molar-refractivity contribution is 7.22. The highest BCUT2D eigenvalue weighted by atomic mass is 32.1. The maximum Gasteiger partial charge on any atom is 0.269 e. The van der Waals surface area contributed by atoms with Gasteiger partial charge >= 0.3 is 0 Å². The van der Waals surface area contributed by atoms with E-state index in [2.05, 4.69) is 4.98 Å². The van der Waals surface area contributed by atoms with Gasteiger partial charge in [-0.2, -0.15) is 0 Å². The number of nitro benzene ring substituents is 1. The molecule has 2 N–H and O–H groups in total. The first-order chi connectivity index (χ1) is 9.16. The Labute approximate surface area is 112 Å². The molecule has 0 aliphatic carbocycles. The van der Waals surface area contributed by atoms with E-state index >= 15 is 0 Å². The van der Waals surface area contributed by atoms with Crippen molar-refractivity contribution < 1.29 is 4.92 Å². The minimum atomic E-state index is -0.417. The molecule has 0 aliphatic heterocycles. The topological polar surface area (TPSA) is 82.0 Å². The Hall–Kier alpha value is -2.47. The lowest BCUT2D eigenvalue weighted by molar-refractivity contribution is -0.384. The fourth-order valence-electron chi connectivity index (χ4n) is 1.90. The van der Waals surface area contributed by atoms with Crippen molar-refractivity contribution in [1.29, 1.82) is 0 Å². The molecule has 2 heterocycles. The Bertz CT molecular complexity index is 765. The molecule has 0 bridgehead atoms. The fourth-order valence-corrected chi connectivity index (χ4v) is 2.97. The zero-order valence-corrected chi connectivity index (χ0v) is 10.6. The molecule has 2 aromatic heterocycles. The third-order valence-corrected chi connectivity index (χ3v) is 4.02. The maximum atomic E-state index is 10.6. The van der Waals surface area contributed by atoms with Gasteiger partial charge in [-0.3, -0.25) is 10.1 Å². The van der Waals surface area contributed by atoms with Crippen molar-refractivity contribution in [3.8, 4) is 10.4 Å². The molecular formula is C13H9N3O2S. The molecule has 0 atom stereocenters. The van der Waals surface area contributed by atoms with E-state index in [-0.39, 0.29) is 5.69 Å².